The van der Waals surface area contributed by atoms with E-state index in [1.165, 1.54) is 29.9 Å². The van der Waals surface area contributed by atoms with Crippen molar-refractivity contribution in [1.82, 2.24) is 20.0 Å². The number of nitrogens with zero attached hydrogens (tertiary/aromatic N) is 3. The van der Waals surface area contributed by atoms with Crippen molar-refractivity contribution < 1.29 is 18.8 Å². The van der Waals surface area contributed by atoms with Gasteiger partial charge in [-0.3, -0.25) is 24.2 Å². The van der Waals surface area contributed by atoms with Crippen LogP contribution in [0.5, 0.6) is 0 Å². The Balaban J connectivity index is 1.78. The summed E-state index contributed by atoms with van der Waals surface area (Å²) in [5, 5.41) is 13.3. The van der Waals surface area contributed by atoms with Gasteiger partial charge < -0.3 is 5.32 Å². The number of halogens is 1. The Kier molecular flexibility index (Phi) is 7.87. The van der Waals surface area contributed by atoms with Crippen LogP contribution in [0.1, 0.15) is 66.8 Å². The van der Waals surface area contributed by atoms with Crippen LogP contribution in [0.2, 0.25) is 0 Å². The zero-order chi connectivity index (χ0) is 24.0. The summed E-state index contributed by atoms with van der Waals surface area (Å²) in [6.45, 7) is 3.43. The molecule has 0 fully saturated rings. The first kappa shape index (κ1) is 24.0. The molecule has 2 aromatic heterocycles. The molecule has 8 nitrogen and oxygen atoms in total. The molecule has 0 saturated heterocycles. The van der Waals surface area contributed by atoms with E-state index < -0.39 is 23.4 Å². The molecule has 2 N–H and O–H groups in total. The van der Waals surface area contributed by atoms with Crippen LogP contribution in [0.3, 0.4) is 0 Å². The second-order valence-corrected chi connectivity index (χ2v) is 8.06. The van der Waals surface area contributed by atoms with Crippen molar-refractivity contribution in [2.75, 3.05) is 5.32 Å². The van der Waals surface area contributed by atoms with Crippen molar-refractivity contribution in [3.8, 4) is 11.3 Å². The number of aromatic nitrogens is 4. The molecular formula is C24H28FN5O3. The number of benzene rings is 1. The molecule has 1 amide bonds. The van der Waals surface area contributed by atoms with Gasteiger partial charge in [-0.2, -0.15) is 10.2 Å². The van der Waals surface area contributed by atoms with Gasteiger partial charge in [0.25, 0.3) is 0 Å². The lowest BCUT2D eigenvalue weighted by molar-refractivity contribution is -0.116. The molecule has 0 radical (unpaired) electrons. The van der Waals surface area contributed by atoms with Gasteiger partial charge in [0, 0.05) is 38.1 Å². The summed E-state index contributed by atoms with van der Waals surface area (Å²) < 4.78 is 16.3. The van der Waals surface area contributed by atoms with E-state index in [9.17, 15) is 18.8 Å². The number of hydrogen-bond donors (Lipinski definition) is 2. The van der Waals surface area contributed by atoms with Crippen LogP contribution in [0.15, 0.2) is 36.7 Å². The summed E-state index contributed by atoms with van der Waals surface area (Å²) in [7, 11) is 1.61. The zero-order valence-electron chi connectivity index (χ0n) is 19.0. The van der Waals surface area contributed by atoms with E-state index >= 15 is 0 Å². The summed E-state index contributed by atoms with van der Waals surface area (Å²) in [5.74, 6) is -2.39. The van der Waals surface area contributed by atoms with Gasteiger partial charge in [-0.05, 0) is 24.6 Å². The highest BCUT2D eigenvalue weighted by molar-refractivity contribution is 6.05. The van der Waals surface area contributed by atoms with Crippen molar-refractivity contribution >= 4 is 23.2 Å². The Bertz CT molecular complexity index is 1140. The molecule has 1 unspecified atom stereocenters. The molecule has 3 aromatic rings. The fraction of sp³-hybridized carbons (Fsp3) is 0.375. The standard InChI is InChI=1S/C24H28FN5O3/c1-4-5-6-7-17(13-22(32)28-21-14-27-30(3)23(21)15(2)31)24(33)18-9-8-16(12-19(18)25)20-10-11-26-29-20/h8-12,14,17H,4-7,13H2,1-3H3,(H,26,29)(H,28,32). The number of rotatable bonds is 11. The normalized spacial score (nSPS) is 11.9. The third-order valence-electron chi connectivity index (χ3n) is 5.55. The van der Waals surface area contributed by atoms with E-state index in [1.54, 1.807) is 25.4 Å². The number of Topliss-reactive ketones (excluding diaryl/α,β-unsaturated/α-hetero) is 2. The fourth-order valence-corrected chi connectivity index (χ4v) is 3.86. The smallest absolute Gasteiger partial charge is 0.225 e. The third kappa shape index (κ3) is 5.79. The van der Waals surface area contributed by atoms with E-state index in [1.807, 2.05) is 6.92 Å². The minimum atomic E-state index is -0.679. The van der Waals surface area contributed by atoms with E-state index in [-0.39, 0.29) is 23.5 Å². The molecule has 2 heterocycles. The highest BCUT2D eigenvalue weighted by atomic mass is 19.1. The molecule has 33 heavy (non-hydrogen) atoms. The monoisotopic (exact) mass is 453 g/mol. The highest BCUT2D eigenvalue weighted by Crippen LogP contribution is 2.26. The number of aryl methyl sites for hydroxylation is 1. The van der Waals surface area contributed by atoms with Gasteiger partial charge >= 0.3 is 0 Å². The predicted molar refractivity (Wildman–Crippen MR) is 122 cm³/mol. The largest absolute Gasteiger partial charge is 0.323 e. The van der Waals surface area contributed by atoms with Crippen LogP contribution in [-0.2, 0) is 11.8 Å². The Morgan fingerprint density at radius 2 is 2.00 bits per heavy atom. The molecule has 0 aliphatic rings. The summed E-state index contributed by atoms with van der Waals surface area (Å²) in [6.07, 6.45) is 5.93. The maximum Gasteiger partial charge on any atom is 0.225 e. The first-order valence-corrected chi connectivity index (χ1v) is 11.0. The molecule has 1 atom stereocenters. The number of H-pyrrole nitrogens is 1. The summed E-state index contributed by atoms with van der Waals surface area (Å²) in [5.41, 5.74) is 1.75. The van der Waals surface area contributed by atoms with Crippen LogP contribution in [0.25, 0.3) is 11.3 Å². The van der Waals surface area contributed by atoms with Crippen LogP contribution >= 0.6 is 0 Å². The Morgan fingerprint density at radius 1 is 1.21 bits per heavy atom. The number of anilines is 1. The van der Waals surface area contributed by atoms with Gasteiger partial charge in [0.2, 0.25) is 5.91 Å². The van der Waals surface area contributed by atoms with Gasteiger partial charge in [0.05, 0.1) is 23.1 Å². The lowest BCUT2D eigenvalue weighted by Crippen LogP contribution is -2.24. The van der Waals surface area contributed by atoms with Crippen molar-refractivity contribution in [2.45, 2.75) is 46.0 Å². The molecule has 0 bridgehead atoms. The first-order valence-electron chi connectivity index (χ1n) is 11.0. The lowest BCUT2D eigenvalue weighted by Gasteiger charge is -2.16. The molecule has 0 saturated carbocycles. The molecule has 1 aromatic carbocycles. The van der Waals surface area contributed by atoms with Crippen molar-refractivity contribution in [2.24, 2.45) is 13.0 Å². The summed E-state index contributed by atoms with van der Waals surface area (Å²) >= 11 is 0. The van der Waals surface area contributed by atoms with Crippen molar-refractivity contribution in [1.29, 1.82) is 0 Å². The second kappa shape index (κ2) is 10.8. The Morgan fingerprint density at radius 3 is 2.64 bits per heavy atom. The number of amides is 1. The van der Waals surface area contributed by atoms with Gasteiger partial charge in [0.1, 0.15) is 11.5 Å². The molecule has 174 valence electrons. The van der Waals surface area contributed by atoms with Crippen LogP contribution in [0.4, 0.5) is 10.1 Å². The van der Waals surface area contributed by atoms with Crippen molar-refractivity contribution in [3.05, 3.63) is 53.7 Å². The lowest BCUT2D eigenvalue weighted by atomic mass is 9.88. The maximum atomic E-state index is 14.9. The number of carbonyl (C=O) groups excluding carboxylic acids is 3. The van der Waals surface area contributed by atoms with E-state index in [4.69, 9.17) is 0 Å². The Labute approximate surface area is 191 Å². The van der Waals surface area contributed by atoms with Gasteiger partial charge in [-0.1, -0.05) is 32.3 Å². The number of hydrogen-bond acceptors (Lipinski definition) is 5. The fourth-order valence-electron chi connectivity index (χ4n) is 3.86. The van der Waals surface area contributed by atoms with Crippen LogP contribution in [0, 0.1) is 11.7 Å². The average Bonchev–Trinajstić information content (AvgIpc) is 3.43. The van der Waals surface area contributed by atoms with Gasteiger partial charge in [-0.25, -0.2) is 4.39 Å². The summed E-state index contributed by atoms with van der Waals surface area (Å²) in [6, 6.07) is 6.11. The topological polar surface area (TPSA) is 110 Å². The number of unbranched alkanes of at least 4 members (excludes halogenated alkanes) is 2. The third-order valence-corrected chi connectivity index (χ3v) is 5.55. The van der Waals surface area contributed by atoms with Crippen LogP contribution < -0.4 is 5.32 Å². The Hall–Kier alpha value is -3.62. The molecule has 3 rings (SSSR count). The number of ketones is 2. The van der Waals surface area contributed by atoms with Crippen molar-refractivity contribution in [3.63, 3.8) is 0 Å². The number of carbonyl (C=O) groups is 3. The minimum Gasteiger partial charge on any atom is -0.323 e. The minimum absolute atomic E-state index is 0.0432. The first-order chi connectivity index (χ1) is 15.8. The summed E-state index contributed by atoms with van der Waals surface area (Å²) in [4.78, 5) is 37.8. The van der Waals surface area contributed by atoms with E-state index in [2.05, 4.69) is 20.6 Å². The maximum absolute atomic E-state index is 14.9. The van der Waals surface area contributed by atoms with Gasteiger partial charge in [-0.15, -0.1) is 0 Å². The second-order valence-electron chi connectivity index (χ2n) is 8.06. The zero-order valence-corrected chi connectivity index (χ0v) is 19.0. The van der Waals surface area contributed by atoms with Gasteiger partial charge in [0.15, 0.2) is 11.6 Å². The highest BCUT2D eigenvalue weighted by Gasteiger charge is 2.26. The molecular weight excluding hydrogens is 425 g/mol. The molecule has 9 heteroatoms. The molecule has 0 spiro atoms. The van der Waals surface area contributed by atoms with Crippen LogP contribution in [-0.4, -0.2) is 37.5 Å². The predicted octanol–water partition coefficient (Wildman–Crippen LogP) is 4.56. The number of nitrogens with one attached hydrogen (secondary N) is 2. The number of aromatic amines is 1. The average molecular weight is 454 g/mol. The SMILES string of the molecule is CCCCCC(CC(=O)Nc1cnn(C)c1C(C)=O)C(=O)c1ccc(-c2ccn[nH]2)cc1F. The van der Waals surface area contributed by atoms with E-state index in [0.29, 0.717) is 23.4 Å². The van der Waals surface area contributed by atoms with E-state index in [0.717, 1.165) is 19.3 Å². The molecule has 0 aliphatic carbocycles. The quantitative estimate of drug-likeness (QED) is 0.327. The molecule has 0 aliphatic heterocycles.